The van der Waals surface area contributed by atoms with Crippen molar-refractivity contribution in [1.29, 1.82) is 0 Å². The first-order valence-corrected chi connectivity index (χ1v) is 6.49. The first-order chi connectivity index (χ1) is 10.7. The van der Waals surface area contributed by atoms with E-state index >= 15 is 0 Å². The van der Waals surface area contributed by atoms with Crippen LogP contribution in [0.2, 0.25) is 0 Å². The Labute approximate surface area is 127 Å². The standard InChI is InChI=1S/C16H15NO5/c1-20-15(18)11-7-8-12(17-9-11)10-22-14-6-4-3-5-13(14)16(19)21-2/h3-9H,10H2,1-2H3. The number of rotatable bonds is 5. The fourth-order valence-corrected chi connectivity index (χ4v) is 1.77. The topological polar surface area (TPSA) is 74.7 Å². The van der Waals surface area contributed by atoms with Crippen molar-refractivity contribution in [2.45, 2.75) is 6.61 Å². The number of methoxy groups -OCH3 is 2. The number of para-hydroxylation sites is 1. The summed E-state index contributed by atoms with van der Waals surface area (Å²) in [5.74, 6) is -0.506. The normalized spacial score (nSPS) is 9.91. The molecule has 0 fully saturated rings. The van der Waals surface area contributed by atoms with Gasteiger partial charge in [-0.25, -0.2) is 9.59 Å². The van der Waals surface area contributed by atoms with E-state index < -0.39 is 11.9 Å². The van der Waals surface area contributed by atoms with E-state index in [4.69, 9.17) is 9.47 Å². The molecule has 6 heteroatoms. The molecule has 1 heterocycles. The van der Waals surface area contributed by atoms with Crippen LogP contribution in [0, 0.1) is 0 Å². The van der Waals surface area contributed by atoms with Gasteiger partial charge in [-0.3, -0.25) is 4.98 Å². The molecule has 6 nitrogen and oxygen atoms in total. The maximum Gasteiger partial charge on any atom is 0.341 e. The number of hydrogen-bond acceptors (Lipinski definition) is 6. The molecule has 1 aromatic carbocycles. The first-order valence-electron chi connectivity index (χ1n) is 6.49. The summed E-state index contributed by atoms with van der Waals surface area (Å²) in [5, 5.41) is 0. The number of carbonyl (C=O) groups excluding carboxylic acids is 2. The lowest BCUT2D eigenvalue weighted by atomic mass is 10.2. The highest BCUT2D eigenvalue weighted by Gasteiger charge is 2.12. The van der Waals surface area contributed by atoms with Crippen LogP contribution >= 0.6 is 0 Å². The van der Waals surface area contributed by atoms with Crippen LogP contribution in [0.4, 0.5) is 0 Å². The van der Waals surface area contributed by atoms with Gasteiger partial charge in [-0.2, -0.15) is 0 Å². The molecular weight excluding hydrogens is 286 g/mol. The van der Waals surface area contributed by atoms with Crippen LogP contribution in [0.1, 0.15) is 26.4 Å². The van der Waals surface area contributed by atoms with E-state index in [1.165, 1.54) is 20.4 Å². The van der Waals surface area contributed by atoms with Crippen molar-refractivity contribution in [1.82, 2.24) is 4.98 Å². The van der Waals surface area contributed by atoms with E-state index in [0.29, 0.717) is 22.6 Å². The molecule has 1 aromatic heterocycles. The van der Waals surface area contributed by atoms with Crippen molar-refractivity contribution >= 4 is 11.9 Å². The van der Waals surface area contributed by atoms with Gasteiger partial charge in [0.05, 0.1) is 25.5 Å². The molecule has 0 amide bonds. The maximum atomic E-state index is 11.6. The number of benzene rings is 1. The maximum absolute atomic E-state index is 11.6. The molecule has 0 bridgehead atoms. The monoisotopic (exact) mass is 301 g/mol. The highest BCUT2D eigenvalue weighted by atomic mass is 16.5. The van der Waals surface area contributed by atoms with Gasteiger partial charge in [0.1, 0.15) is 17.9 Å². The highest BCUT2D eigenvalue weighted by Crippen LogP contribution is 2.19. The van der Waals surface area contributed by atoms with Gasteiger partial charge in [-0.05, 0) is 24.3 Å². The number of pyridine rings is 1. The number of aromatic nitrogens is 1. The molecule has 0 spiro atoms. The summed E-state index contributed by atoms with van der Waals surface area (Å²) < 4.78 is 14.9. The summed E-state index contributed by atoms with van der Waals surface area (Å²) >= 11 is 0. The summed E-state index contributed by atoms with van der Waals surface area (Å²) in [6.45, 7) is 0.162. The second kappa shape index (κ2) is 7.21. The first kappa shape index (κ1) is 15.5. The zero-order valence-electron chi connectivity index (χ0n) is 12.2. The van der Waals surface area contributed by atoms with E-state index in [2.05, 4.69) is 9.72 Å². The fourth-order valence-electron chi connectivity index (χ4n) is 1.77. The predicted molar refractivity (Wildman–Crippen MR) is 77.7 cm³/mol. The van der Waals surface area contributed by atoms with Gasteiger partial charge >= 0.3 is 11.9 Å². The Morgan fingerprint density at radius 3 is 2.36 bits per heavy atom. The Bertz CT molecular complexity index is 666. The van der Waals surface area contributed by atoms with Crippen LogP contribution in [0.5, 0.6) is 5.75 Å². The van der Waals surface area contributed by atoms with Crippen molar-refractivity contribution in [3.63, 3.8) is 0 Å². The minimum Gasteiger partial charge on any atom is -0.486 e. The van der Waals surface area contributed by atoms with Crippen molar-refractivity contribution < 1.29 is 23.8 Å². The van der Waals surface area contributed by atoms with Gasteiger partial charge in [0.25, 0.3) is 0 Å². The lowest BCUT2D eigenvalue weighted by molar-refractivity contribution is 0.0587. The quantitative estimate of drug-likeness (QED) is 0.788. The van der Waals surface area contributed by atoms with Crippen molar-refractivity contribution in [2.75, 3.05) is 14.2 Å². The third kappa shape index (κ3) is 3.60. The molecule has 0 unspecified atom stereocenters. The summed E-state index contributed by atoms with van der Waals surface area (Å²) in [4.78, 5) is 27.1. The SMILES string of the molecule is COC(=O)c1ccc(COc2ccccc2C(=O)OC)nc1. The van der Waals surface area contributed by atoms with Crippen molar-refractivity contribution in [3.05, 3.63) is 59.4 Å². The molecule has 0 aliphatic carbocycles. The third-order valence-electron chi connectivity index (χ3n) is 2.91. The summed E-state index contributed by atoms with van der Waals surface area (Å²) in [7, 11) is 2.62. The minimum absolute atomic E-state index is 0.162. The Morgan fingerprint density at radius 2 is 1.73 bits per heavy atom. The third-order valence-corrected chi connectivity index (χ3v) is 2.91. The average molecular weight is 301 g/mol. The lowest BCUT2D eigenvalue weighted by Crippen LogP contribution is -2.07. The molecule has 0 aliphatic heterocycles. The van der Waals surface area contributed by atoms with Crippen LogP contribution in [0.3, 0.4) is 0 Å². The second-order valence-corrected chi connectivity index (χ2v) is 4.31. The molecule has 0 saturated heterocycles. The van der Waals surface area contributed by atoms with Gasteiger partial charge in [0, 0.05) is 6.20 Å². The Kier molecular flexibility index (Phi) is 5.08. The Hall–Kier alpha value is -2.89. The van der Waals surface area contributed by atoms with Crippen LogP contribution in [0.25, 0.3) is 0 Å². The molecule has 0 saturated carbocycles. The molecule has 0 N–H and O–H groups in total. The molecule has 2 rings (SSSR count). The molecule has 2 aromatic rings. The van der Waals surface area contributed by atoms with E-state index in [-0.39, 0.29) is 6.61 Å². The molecule has 0 radical (unpaired) electrons. The van der Waals surface area contributed by atoms with Gasteiger partial charge in [-0.15, -0.1) is 0 Å². The summed E-state index contributed by atoms with van der Waals surface area (Å²) in [6, 6.07) is 10.0. The van der Waals surface area contributed by atoms with Crippen molar-refractivity contribution in [3.8, 4) is 5.75 Å². The number of nitrogens with zero attached hydrogens (tertiary/aromatic N) is 1. The van der Waals surface area contributed by atoms with Crippen molar-refractivity contribution in [2.24, 2.45) is 0 Å². The van der Waals surface area contributed by atoms with Gasteiger partial charge in [0.2, 0.25) is 0 Å². The van der Waals surface area contributed by atoms with Crippen LogP contribution in [0.15, 0.2) is 42.6 Å². The number of esters is 2. The zero-order chi connectivity index (χ0) is 15.9. The second-order valence-electron chi connectivity index (χ2n) is 4.31. The minimum atomic E-state index is -0.468. The van der Waals surface area contributed by atoms with Crippen LogP contribution in [-0.4, -0.2) is 31.1 Å². The van der Waals surface area contributed by atoms with Gasteiger partial charge in [0.15, 0.2) is 0 Å². The molecule has 0 aliphatic rings. The summed E-state index contributed by atoms with van der Waals surface area (Å²) in [5.41, 5.74) is 1.32. The molecule has 114 valence electrons. The number of hydrogen-bond donors (Lipinski definition) is 0. The van der Waals surface area contributed by atoms with Crippen LogP contribution < -0.4 is 4.74 Å². The lowest BCUT2D eigenvalue weighted by Gasteiger charge is -2.09. The Morgan fingerprint density at radius 1 is 1.00 bits per heavy atom. The molecule has 22 heavy (non-hydrogen) atoms. The molecular formula is C16H15NO5. The highest BCUT2D eigenvalue weighted by molar-refractivity contribution is 5.92. The number of ether oxygens (including phenoxy) is 3. The van der Waals surface area contributed by atoms with E-state index in [0.717, 1.165) is 0 Å². The summed E-state index contributed by atoms with van der Waals surface area (Å²) in [6.07, 6.45) is 1.41. The van der Waals surface area contributed by atoms with E-state index in [1.807, 2.05) is 0 Å². The average Bonchev–Trinajstić information content (AvgIpc) is 2.59. The van der Waals surface area contributed by atoms with E-state index in [1.54, 1.807) is 36.4 Å². The van der Waals surface area contributed by atoms with E-state index in [9.17, 15) is 9.59 Å². The number of carbonyl (C=O) groups is 2. The van der Waals surface area contributed by atoms with Gasteiger partial charge < -0.3 is 14.2 Å². The Balaban J connectivity index is 2.07. The smallest absolute Gasteiger partial charge is 0.341 e. The fraction of sp³-hybridized carbons (Fsp3) is 0.188. The largest absolute Gasteiger partial charge is 0.486 e. The predicted octanol–water partition coefficient (Wildman–Crippen LogP) is 2.23. The zero-order valence-corrected chi connectivity index (χ0v) is 12.2. The van der Waals surface area contributed by atoms with Crippen LogP contribution in [-0.2, 0) is 16.1 Å². The molecule has 0 atom stereocenters. The van der Waals surface area contributed by atoms with Gasteiger partial charge in [-0.1, -0.05) is 12.1 Å².